The molecule has 0 bridgehead atoms. The van der Waals surface area contributed by atoms with Crippen molar-refractivity contribution >= 4 is 0 Å². The van der Waals surface area contributed by atoms with E-state index in [2.05, 4.69) is 38.5 Å². The van der Waals surface area contributed by atoms with Crippen LogP contribution >= 0.6 is 0 Å². The molecule has 10 heavy (non-hydrogen) atoms. The van der Waals surface area contributed by atoms with Crippen LogP contribution in [0.1, 0.15) is 27.2 Å². The maximum Gasteiger partial charge on any atom is 0.0216 e. The van der Waals surface area contributed by atoms with Crippen molar-refractivity contribution in [1.29, 1.82) is 0 Å². The van der Waals surface area contributed by atoms with E-state index in [1.54, 1.807) is 0 Å². The van der Waals surface area contributed by atoms with Gasteiger partial charge in [-0.1, -0.05) is 19.1 Å². The van der Waals surface area contributed by atoms with Gasteiger partial charge in [-0.15, -0.1) is 0 Å². The highest BCUT2D eigenvalue weighted by Crippen LogP contribution is 1.97. The molecule has 0 amide bonds. The molecule has 0 saturated heterocycles. The molecule has 0 saturated carbocycles. The molecule has 0 radical (unpaired) electrons. The maximum atomic E-state index is 3.71. The van der Waals surface area contributed by atoms with Gasteiger partial charge in [-0.25, -0.2) is 0 Å². The Morgan fingerprint density at radius 2 is 2.10 bits per heavy atom. The summed E-state index contributed by atoms with van der Waals surface area (Å²) in [6.07, 6.45) is 5.13. The minimum Gasteiger partial charge on any atom is -0.355 e. The van der Waals surface area contributed by atoms with Gasteiger partial charge in [-0.05, 0) is 26.5 Å². The van der Waals surface area contributed by atoms with Crippen LogP contribution in [0.3, 0.4) is 0 Å². The van der Waals surface area contributed by atoms with E-state index >= 15 is 0 Å². The molecule has 0 spiro atoms. The molecule has 0 fully saturated rings. The van der Waals surface area contributed by atoms with Crippen molar-refractivity contribution in [3.63, 3.8) is 0 Å². The van der Waals surface area contributed by atoms with Gasteiger partial charge in [0.25, 0.3) is 0 Å². The van der Waals surface area contributed by atoms with Gasteiger partial charge in [0, 0.05) is 12.7 Å². The first kappa shape index (κ1) is 9.28. The van der Waals surface area contributed by atoms with Gasteiger partial charge >= 0.3 is 0 Å². The standard InChI is InChI=1S/C9H17N/c1-5-7-10(6-2)8-9(3)4/h6,8H,2,5,7H2,1,3-4H3. The summed E-state index contributed by atoms with van der Waals surface area (Å²) in [7, 11) is 0. The Labute approximate surface area is 64.0 Å². The minimum absolute atomic E-state index is 1.06. The third kappa shape index (κ3) is 4.19. The topological polar surface area (TPSA) is 3.24 Å². The van der Waals surface area contributed by atoms with Gasteiger partial charge < -0.3 is 4.90 Å². The molecule has 0 aromatic heterocycles. The summed E-state index contributed by atoms with van der Waals surface area (Å²) in [5.41, 5.74) is 1.31. The number of nitrogens with zero attached hydrogens (tertiary/aromatic N) is 1. The van der Waals surface area contributed by atoms with Crippen LogP contribution in [-0.2, 0) is 0 Å². The van der Waals surface area contributed by atoms with Crippen LogP contribution in [0.4, 0.5) is 0 Å². The van der Waals surface area contributed by atoms with Gasteiger partial charge in [0.2, 0.25) is 0 Å². The van der Waals surface area contributed by atoms with Gasteiger partial charge in [0.05, 0.1) is 0 Å². The number of hydrogen-bond acceptors (Lipinski definition) is 1. The van der Waals surface area contributed by atoms with Crippen molar-refractivity contribution in [3.8, 4) is 0 Å². The predicted molar refractivity (Wildman–Crippen MR) is 46.6 cm³/mol. The second-order valence-electron chi connectivity index (χ2n) is 2.63. The van der Waals surface area contributed by atoms with Crippen molar-refractivity contribution in [1.82, 2.24) is 4.90 Å². The summed E-state index contributed by atoms with van der Waals surface area (Å²) in [5.74, 6) is 0. The van der Waals surface area contributed by atoms with Crippen LogP contribution in [0.5, 0.6) is 0 Å². The highest BCUT2D eigenvalue weighted by molar-refractivity contribution is 4.95. The predicted octanol–water partition coefficient (Wildman–Crippen LogP) is 2.77. The molecule has 1 nitrogen and oxygen atoms in total. The van der Waals surface area contributed by atoms with E-state index in [9.17, 15) is 0 Å². The van der Waals surface area contributed by atoms with E-state index in [1.165, 1.54) is 5.57 Å². The smallest absolute Gasteiger partial charge is 0.0216 e. The zero-order chi connectivity index (χ0) is 7.98. The molecule has 58 valence electrons. The molecule has 0 aliphatic heterocycles. The van der Waals surface area contributed by atoms with Crippen molar-refractivity contribution in [2.45, 2.75) is 27.2 Å². The fourth-order valence-corrected chi connectivity index (χ4v) is 0.798. The SMILES string of the molecule is C=CN(C=C(C)C)CCC. The van der Waals surface area contributed by atoms with Crippen molar-refractivity contribution in [2.75, 3.05) is 6.54 Å². The maximum absolute atomic E-state index is 3.71. The van der Waals surface area contributed by atoms with Crippen LogP contribution < -0.4 is 0 Å². The largest absolute Gasteiger partial charge is 0.355 e. The normalized spacial score (nSPS) is 8.70. The molecule has 0 rings (SSSR count). The number of hydrogen-bond donors (Lipinski definition) is 0. The zero-order valence-corrected chi connectivity index (χ0v) is 7.22. The molecule has 0 aliphatic carbocycles. The van der Waals surface area contributed by atoms with Crippen LogP contribution in [0.15, 0.2) is 24.6 Å². The Kier molecular flexibility index (Phi) is 4.73. The van der Waals surface area contributed by atoms with Gasteiger partial charge in [0.1, 0.15) is 0 Å². The van der Waals surface area contributed by atoms with Crippen molar-refractivity contribution in [3.05, 3.63) is 24.6 Å². The Morgan fingerprint density at radius 1 is 1.50 bits per heavy atom. The highest BCUT2D eigenvalue weighted by Gasteiger charge is 1.89. The lowest BCUT2D eigenvalue weighted by atomic mass is 10.3. The molecule has 0 aliphatic rings. The first-order chi connectivity index (χ1) is 4.70. The quantitative estimate of drug-likeness (QED) is 0.579. The Balaban J connectivity index is 3.82. The highest BCUT2D eigenvalue weighted by atomic mass is 15.1. The monoisotopic (exact) mass is 139 g/mol. The Bertz CT molecular complexity index is 121. The zero-order valence-electron chi connectivity index (χ0n) is 7.22. The summed E-state index contributed by atoms with van der Waals surface area (Å²) in [5, 5.41) is 0. The molecule has 0 N–H and O–H groups in total. The molecule has 0 heterocycles. The first-order valence-corrected chi connectivity index (χ1v) is 3.74. The first-order valence-electron chi connectivity index (χ1n) is 3.74. The lowest BCUT2D eigenvalue weighted by Crippen LogP contribution is -2.09. The third-order valence-corrected chi connectivity index (χ3v) is 1.14. The van der Waals surface area contributed by atoms with E-state index in [0.29, 0.717) is 0 Å². The van der Waals surface area contributed by atoms with Crippen molar-refractivity contribution in [2.24, 2.45) is 0 Å². The number of allylic oxidation sites excluding steroid dienone is 1. The minimum atomic E-state index is 1.06. The van der Waals surface area contributed by atoms with Crippen LogP contribution in [0.25, 0.3) is 0 Å². The molecule has 0 aromatic carbocycles. The molecule has 1 heteroatoms. The molecule has 0 aromatic rings. The Morgan fingerprint density at radius 3 is 2.40 bits per heavy atom. The summed E-state index contributed by atoms with van der Waals surface area (Å²) in [6.45, 7) is 11.1. The second kappa shape index (κ2) is 5.10. The van der Waals surface area contributed by atoms with Gasteiger partial charge in [-0.3, -0.25) is 0 Å². The fraction of sp³-hybridized carbons (Fsp3) is 0.556. The molecular formula is C9H17N. The Hall–Kier alpha value is -0.720. The average molecular weight is 139 g/mol. The van der Waals surface area contributed by atoms with Crippen molar-refractivity contribution < 1.29 is 0 Å². The van der Waals surface area contributed by atoms with E-state index < -0.39 is 0 Å². The molecule has 0 atom stereocenters. The lowest BCUT2D eigenvalue weighted by molar-refractivity contribution is 0.499. The van der Waals surface area contributed by atoms with E-state index in [1.807, 2.05) is 6.20 Å². The van der Waals surface area contributed by atoms with E-state index in [4.69, 9.17) is 0 Å². The molecular weight excluding hydrogens is 122 g/mol. The summed E-state index contributed by atoms with van der Waals surface area (Å²) >= 11 is 0. The van der Waals surface area contributed by atoms with E-state index in [-0.39, 0.29) is 0 Å². The summed E-state index contributed by atoms with van der Waals surface area (Å²) in [6, 6.07) is 0. The lowest BCUT2D eigenvalue weighted by Gasteiger charge is -2.13. The molecule has 0 unspecified atom stereocenters. The summed E-state index contributed by atoms with van der Waals surface area (Å²) in [4.78, 5) is 2.11. The summed E-state index contributed by atoms with van der Waals surface area (Å²) < 4.78 is 0. The second-order valence-corrected chi connectivity index (χ2v) is 2.63. The fourth-order valence-electron chi connectivity index (χ4n) is 0.798. The number of rotatable bonds is 4. The van der Waals surface area contributed by atoms with Crippen LogP contribution in [0, 0.1) is 0 Å². The van der Waals surface area contributed by atoms with E-state index in [0.717, 1.165) is 13.0 Å². The van der Waals surface area contributed by atoms with Crippen LogP contribution in [-0.4, -0.2) is 11.4 Å². The van der Waals surface area contributed by atoms with Crippen LogP contribution in [0.2, 0.25) is 0 Å². The third-order valence-electron chi connectivity index (χ3n) is 1.14. The van der Waals surface area contributed by atoms with Gasteiger partial charge in [0.15, 0.2) is 0 Å². The van der Waals surface area contributed by atoms with Gasteiger partial charge in [-0.2, -0.15) is 0 Å². The average Bonchev–Trinajstić information content (AvgIpc) is 1.86.